The molecule has 3 heterocycles. The molecule has 158 valence electrons. The first kappa shape index (κ1) is 20.8. The molecule has 3 aromatic rings. The van der Waals surface area contributed by atoms with E-state index in [4.69, 9.17) is 10.1 Å². The molecular formula is C26H34N4. The monoisotopic (exact) mass is 402 g/mol. The fraction of sp³-hybridized carbons (Fsp3) is 0.462. The van der Waals surface area contributed by atoms with Crippen LogP contribution < -0.4 is 5.32 Å². The van der Waals surface area contributed by atoms with Crippen LogP contribution in [0.1, 0.15) is 66.9 Å². The molecule has 2 atom stereocenters. The van der Waals surface area contributed by atoms with Crippen molar-refractivity contribution in [2.75, 3.05) is 6.54 Å². The Balaban J connectivity index is 1.47. The minimum absolute atomic E-state index is 0.659. The number of rotatable bonds is 6. The maximum Gasteiger partial charge on any atom is 0.159 e. The lowest BCUT2D eigenvalue weighted by molar-refractivity contribution is 0.318. The van der Waals surface area contributed by atoms with E-state index in [-0.39, 0.29) is 0 Å². The Kier molecular flexibility index (Phi) is 6.33. The summed E-state index contributed by atoms with van der Waals surface area (Å²) < 4.78 is 2.00. The summed E-state index contributed by atoms with van der Waals surface area (Å²) in [5.74, 6) is 0.819. The predicted molar refractivity (Wildman–Crippen MR) is 125 cm³/mol. The van der Waals surface area contributed by atoms with E-state index in [1.54, 1.807) is 0 Å². The van der Waals surface area contributed by atoms with Crippen LogP contribution in [0.5, 0.6) is 0 Å². The molecule has 0 radical (unpaired) electrons. The first-order valence-corrected chi connectivity index (χ1v) is 11.4. The van der Waals surface area contributed by atoms with Crippen LogP contribution in [0, 0.1) is 19.8 Å². The Morgan fingerprint density at radius 3 is 2.73 bits per heavy atom. The lowest BCUT2D eigenvalue weighted by Gasteiger charge is -2.27. The summed E-state index contributed by atoms with van der Waals surface area (Å²) in [4.78, 5) is 4.79. The van der Waals surface area contributed by atoms with Gasteiger partial charge in [0.2, 0.25) is 0 Å². The highest BCUT2D eigenvalue weighted by Crippen LogP contribution is 2.23. The van der Waals surface area contributed by atoms with Crippen molar-refractivity contribution in [1.82, 2.24) is 19.9 Å². The van der Waals surface area contributed by atoms with Gasteiger partial charge in [0.25, 0.3) is 0 Å². The Labute approximate surface area is 180 Å². The molecule has 1 aliphatic heterocycles. The summed E-state index contributed by atoms with van der Waals surface area (Å²) in [7, 11) is 0. The molecule has 4 nitrogen and oxygen atoms in total. The number of benzene rings is 1. The molecule has 1 fully saturated rings. The quantitative estimate of drug-likeness (QED) is 0.609. The molecule has 1 aromatic carbocycles. The molecule has 1 aliphatic rings. The molecule has 30 heavy (non-hydrogen) atoms. The number of nitrogens with one attached hydrogen (secondary N) is 1. The van der Waals surface area contributed by atoms with E-state index in [1.807, 2.05) is 4.52 Å². The minimum atomic E-state index is 0.659. The van der Waals surface area contributed by atoms with Crippen LogP contribution in [0.4, 0.5) is 0 Å². The summed E-state index contributed by atoms with van der Waals surface area (Å²) in [5, 5.41) is 8.35. The average Bonchev–Trinajstić information content (AvgIpc) is 3.07. The molecule has 0 aliphatic carbocycles. The van der Waals surface area contributed by atoms with E-state index in [2.05, 4.69) is 75.5 Å². The third-order valence-corrected chi connectivity index (χ3v) is 6.28. The molecule has 2 aromatic heterocycles. The summed E-state index contributed by atoms with van der Waals surface area (Å²) in [6.07, 6.45) is 10.2. The highest BCUT2D eigenvalue weighted by molar-refractivity contribution is 5.55. The molecule has 1 unspecified atom stereocenters. The van der Waals surface area contributed by atoms with E-state index in [0.29, 0.717) is 6.04 Å². The van der Waals surface area contributed by atoms with Gasteiger partial charge in [0.15, 0.2) is 5.65 Å². The molecule has 0 amide bonds. The summed E-state index contributed by atoms with van der Waals surface area (Å²) >= 11 is 0. The number of aromatic nitrogens is 3. The van der Waals surface area contributed by atoms with E-state index >= 15 is 0 Å². The van der Waals surface area contributed by atoms with Gasteiger partial charge in [-0.15, -0.1) is 0 Å². The topological polar surface area (TPSA) is 42.2 Å². The zero-order valence-corrected chi connectivity index (χ0v) is 18.8. The van der Waals surface area contributed by atoms with Crippen molar-refractivity contribution < 1.29 is 0 Å². The van der Waals surface area contributed by atoms with Crippen LogP contribution in [-0.4, -0.2) is 27.2 Å². The molecule has 4 heteroatoms. The van der Waals surface area contributed by atoms with Gasteiger partial charge in [-0.3, -0.25) is 0 Å². The molecule has 0 spiro atoms. The molecule has 0 bridgehead atoms. The second kappa shape index (κ2) is 9.13. The van der Waals surface area contributed by atoms with Gasteiger partial charge in [0.1, 0.15) is 0 Å². The normalized spacial score (nSPS) is 19.7. The van der Waals surface area contributed by atoms with Gasteiger partial charge in [-0.05, 0) is 76.1 Å². The fourth-order valence-corrected chi connectivity index (χ4v) is 4.67. The highest BCUT2D eigenvalue weighted by atomic mass is 15.3. The standard InChI is InChI=1S/C26H34N4/c1-5-25-24(26-28-19(3)15-20(4)30(26)29-25)17-23-11-9-21(10-12-23)7-6-8-22-13-14-27-18(2)16-22/h6-7,9-12,15,18,22,27H,5,8,13-14,16-17H2,1-4H3/b7-6+/t18-,22?/m0/s1. The third-order valence-electron chi connectivity index (χ3n) is 6.28. The number of hydrogen-bond donors (Lipinski definition) is 1. The lowest BCUT2D eigenvalue weighted by atomic mass is 9.90. The Hall–Kier alpha value is -2.46. The van der Waals surface area contributed by atoms with Gasteiger partial charge in [-0.1, -0.05) is 43.3 Å². The van der Waals surface area contributed by atoms with Gasteiger partial charge in [0, 0.05) is 29.4 Å². The van der Waals surface area contributed by atoms with Gasteiger partial charge in [0.05, 0.1) is 5.69 Å². The van der Waals surface area contributed by atoms with E-state index in [0.717, 1.165) is 48.0 Å². The van der Waals surface area contributed by atoms with Crippen LogP contribution in [0.15, 0.2) is 36.4 Å². The maximum absolute atomic E-state index is 4.81. The van der Waals surface area contributed by atoms with Gasteiger partial charge in [-0.25, -0.2) is 9.50 Å². The van der Waals surface area contributed by atoms with Gasteiger partial charge in [-0.2, -0.15) is 5.10 Å². The van der Waals surface area contributed by atoms with Crippen LogP contribution >= 0.6 is 0 Å². The minimum Gasteiger partial charge on any atom is -0.314 e. The number of nitrogens with zero attached hydrogens (tertiary/aromatic N) is 3. The number of hydrogen-bond acceptors (Lipinski definition) is 3. The highest BCUT2D eigenvalue weighted by Gasteiger charge is 2.17. The van der Waals surface area contributed by atoms with Crippen molar-refractivity contribution >= 4 is 11.7 Å². The molecule has 0 saturated carbocycles. The second-order valence-corrected chi connectivity index (χ2v) is 8.86. The summed E-state index contributed by atoms with van der Waals surface area (Å²) in [6.45, 7) is 9.78. The average molecular weight is 403 g/mol. The van der Waals surface area contributed by atoms with Gasteiger partial charge < -0.3 is 5.32 Å². The van der Waals surface area contributed by atoms with E-state index in [9.17, 15) is 0 Å². The van der Waals surface area contributed by atoms with Crippen LogP contribution in [-0.2, 0) is 12.8 Å². The Morgan fingerprint density at radius 1 is 1.20 bits per heavy atom. The zero-order chi connectivity index (χ0) is 21.1. The SMILES string of the molecule is CCc1nn2c(C)cc(C)nc2c1Cc1ccc(/C=C/CC2CCN[C@@H](C)C2)cc1. The second-order valence-electron chi connectivity index (χ2n) is 8.86. The first-order valence-electron chi connectivity index (χ1n) is 11.4. The fourth-order valence-electron chi connectivity index (χ4n) is 4.67. The van der Waals surface area contributed by atoms with Crippen molar-refractivity contribution in [3.63, 3.8) is 0 Å². The van der Waals surface area contributed by atoms with E-state index in [1.165, 1.54) is 36.0 Å². The number of piperidine rings is 1. The summed E-state index contributed by atoms with van der Waals surface area (Å²) in [6, 6.07) is 11.7. The number of fused-ring (bicyclic) bond motifs is 1. The predicted octanol–water partition coefficient (Wildman–Crippen LogP) is 5.29. The number of aryl methyl sites for hydroxylation is 3. The largest absolute Gasteiger partial charge is 0.314 e. The van der Waals surface area contributed by atoms with Crippen molar-refractivity contribution in [3.8, 4) is 0 Å². The van der Waals surface area contributed by atoms with Crippen LogP contribution in [0.2, 0.25) is 0 Å². The van der Waals surface area contributed by atoms with Crippen molar-refractivity contribution in [2.24, 2.45) is 5.92 Å². The van der Waals surface area contributed by atoms with Crippen molar-refractivity contribution in [3.05, 3.63) is 70.2 Å². The maximum atomic E-state index is 4.81. The molecule has 4 rings (SSSR count). The van der Waals surface area contributed by atoms with Crippen molar-refractivity contribution in [1.29, 1.82) is 0 Å². The third kappa shape index (κ3) is 4.65. The summed E-state index contributed by atoms with van der Waals surface area (Å²) in [5.41, 5.74) is 8.19. The first-order chi connectivity index (χ1) is 14.5. The number of allylic oxidation sites excluding steroid dienone is 1. The van der Waals surface area contributed by atoms with Gasteiger partial charge >= 0.3 is 0 Å². The molecule has 1 N–H and O–H groups in total. The molecular weight excluding hydrogens is 368 g/mol. The lowest BCUT2D eigenvalue weighted by Crippen LogP contribution is -2.35. The Bertz CT molecular complexity index is 1030. The Morgan fingerprint density at radius 2 is 2.00 bits per heavy atom. The smallest absolute Gasteiger partial charge is 0.159 e. The molecule has 1 saturated heterocycles. The van der Waals surface area contributed by atoms with E-state index < -0.39 is 0 Å². The van der Waals surface area contributed by atoms with Crippen LogP contribution in [0.3, 0.4) is 0 Å². The zero-order valence-electron chi connectivity index (χ0n) is 18.8. The van der Waals surface area contributed by atoms with Crippen LogP contribution in [0.25, 0.3) is 11.7 Å². The van der Waals surface area contributed by atoms with Crippen molar-refractivity contribution in [2.45, 2.75) is 65.8 Å².